The van der Waals surface area contributed by atoms with Crippen LogP contribution < -0.4 is 10.6 Å². The fourth-order valence-electron chi connectivity index (χ4n) is 1.85. The highest BCUT2D eigenvalue weighted by atomic mass is 32.2. The number of aliphatic imine (C=N–C) groups is 1. The van der Waals surface area contributed by atoms with Gasteiger partial charge in [0.2, 0.25) is 0 Å². The second-order valence-electron chi connectivity index (χ2n) is 4.47. The average Bonchev–Trinajstić information content (AvgIpc) is 3.00. The predicted octanol–water partition coefficient (Wildman–Crippen LogP) is 1.90. The summed E-state index contributed by atoms with van der Waals surface area (Å²) in [6, 6.07) is 10.1. The summed E-state index contributed by atoms with van der Waals surface area (Å²) in [7, 11) is 1.78. The molecule has 0 saturated carbocycles. The second kappa shape index (κ2) is 8.36. The maximum Gasteiger partial charge on any atom is 0.191 e. The van der Waals surface area contributed by atoms with Gasteiger partial charge in [0.25, 0.3) is 0 Å². The molecule has 0 aliphatic rings. The van der Waals surface area contributed by atoms with Gasteiger partial charge in [-0.3, -0.25) is 4.99 Å². The normalized spacial score (nSPS) is 11.4. The number of nitrogens with one attached hydrogen (secondary N) is 2. The van der Waals surface area contributed by atoms with E-state index < -0.39 is 0 Å². The highest BCUT2D eigenvalue weighted by Gasteiger charge is 2.02. The van der Waals surface area contributed by atoms with Crippen LogP contribution in [0.25, 0.3) is 5.69 Å². The summed E-state index contributed by atoms with van der Waals surface area (Å²) in [5.74, 6) is 1.88. The van der Waals surface area contributed by atoms with Gasteiger partial charge in [0.15, 0.2) is 5.96 Å². The molecule has 1 aromatic heterocycles. The van der Waals surface area contributed by atoms with E-state index in [1.807, 2.05) is 59.2 Å². The lowest BCUT2D eigenvalue weighted by atomic mass is 10.3. The van der Waals surface area contributed by atoms with Gasteiger partial charge in [-0.2, -0.15) is 16.9 Å². The fraction of sp³-hybridized carbons (Fsp3) is 0.333. The lowest BCUT2D eigenvalue weighted by Gasteiger charge is -2.10. The molecule has 0 atom stereocenters. The Morgan fingerprint density at radius 1 is 1.29 bits per heavy atom. The molecule has 6 heteroatoms. The highest BCUT2D eigenvalue weighted by Crippen LogP contribution is 2.07. The third-order valence-electron chi connectivity index (χ3n) is 2.94. The Labute approximate surface area is 129 Å². The van der Waals surface area contributed by atoms with Crippen molar-refractivity contribution in [1.29, 1.82) is 0 Å². The van der Waals surface area contributed by atoms with Crippen molar-refractivity contribution >= 4 is 17.7 Å². The molecular formula is C15H21N5S. The van der Waals surface area contributed by atoms with E-state index in [1.165, 1.54) is 0 Å². The zero-order valence-corrected chi connectivity index (χ0v) is 13.2. The maximum absolute atomic E-state index is 4.38. The van der Waals surface area contributed by atoms with E-state index in [-0.39, 0.29) is 0 Å². The molecule has 0 fully saturated rings. The topological polar surface area (TPSA) is 54.2 Å². The van der Waals surface area contributed by atoms with Crippen molar-refractivity contribution in [3.63, 3.8) is 0 Å². The van der Waals surface area contributed by atoms with Gasteiger partial charge < -0.3 is 10.6 Å². The van der Waals surface area contributed by atoms with E-state index in [1.54, 1.807) is 7.05 Å². The van der Waals surface area contributed by atoms with Gasteiger partial charge in [-0.1, -0.05) is 18.2 Å². The molecule has 0 saturated heterocycles. The largest absolute Gasteiger partial charge is 0.356 e. The van der Waals surface area contributed by atoms with Crippen LogP contribution in [-0.4, -0.2) is 41.3 Å². The van der Waals surface area contributed by atoms with Crippen LogP contribution in [0.5, 0.6) is 0 Å². The number of rotatable bonds is 6. The van der Waals surface area contributed by atoms with Gasteiger partial charge in [0.1, 0.15) is 0 Å². The third kappa shape index (κ3) is 4.82. The Balaban J connectivity index is 1.88. The Kier molecular flexibility index (Phi) is 6.15. The van der Waals surface area contributed by atoms with E-state index in [0.29, 0.717) is 6.54 Å². The Morgan fingerprint density at radius 2 is 2.10 bits per heavy atom. The summed E-state index contributed by atoms with van der Waals surface area (Å²) < 4.78 is 1.88. The summed E-state index contributed by atoms with van der Waals surface area (Å²) in [5, 5.41) is 10.9. The molecule has 0 aliphatic carbocycles. The van der Waals surface area contributed by atoms with Crippen molar-refractivity contribution in [2.24, 2.45) is 4.99 Å². The zero-order chi connectivity index (χ0) is 14.9. The molecule has 1 heterocycles. The number of nitrogens with zero attached hydrogens (tertiary/aromatic N) is 3. The van der Waals surface area contributed by atoms with Crippen LogP contribution in [0.4, 0.5) is 0 Å². The molecule has 0 radical (unpaired) electrons. The summed E-state index contributed by atoms with van der Waals surface area (Å²) in [4.78, 5) is 4.20. The predicted molar refractivity (Wildman–Crippen MR) is 90.1 cm³/mol. The first-order valence-corrected chi connectivity index (χ1v) is 8.25. The van der Waals surface area contributed by atoms with Crippen LogP contribution in [0.1, 0.15) is 5.56 Å². The molecule has 1 aromatic carbocycles. The average molecular weight is 303 g/mol. The smallest absolute Gasteiger partial charge is 0.191 e. The van der Waals surface area contributed by atoms with Crippen molar-refractivity contribution < 1.29 is 0 Å². The molecule has 2 aromatic rings. The lowest BCUT2D eigenvalue weighted by molar-refractivity contribution is 0.831. The summed E-state index contributed by atoms with van der Waals surface area (Å²) >= 11 is 1.81. The number of guanidine groups is 1. The first kappa shape index (κ1) is 15.4. The van der Waals surface area contributed by atoms with E-state index in [0.717, 1.165) is 29.5 Å². The van der Waals surface area contributed by atoms with E-state index in [4.69, 9.17) is 0 Å². The number of aromatic nitrogens is 2. The Morgan fingerprint density at radius 3 is 2.81 bits per heavy atom. The molecule has 2 rings (SSSR count). The molecule has 0 amide bonds. The minimum absolute atomic E-state index is 0.700. The Bertz CT molecular complexity index is 564. The van der Waals surface area contributed by atoms with Crippen molar-refractivity contribution in [3.05, 3.63) is 48.3 Å². The number of para-hydroxylation sites is 1. The molecule has 0 spiro atoms. The molecule has 0 unspecified atom stereocenters. The van der Waals surface area contributed by atoms with Crippen LogP contribution in [-0.2, 0) is 6.54 Å². The van der Waals surface area contributed by atoms with Crippen LogP contribution in [0.3, 0.4) is 0 Å². The van der Waals surface area contributed by atoms with Gasteiger partial charge in [-0.25, -0.2) is 4.68 Å². The summed E-state index contributed by atoms with van der Waals surface area (Å²) in [5.41, 5.74) is 2.18. The SMILES string of the molecule is CN=C(NCCSC)NCc1cnn(-c2ccccc2)c1. The minimum Gasteiger partial charge on any atom is -0.356 e. The molecule has 21 heavy (non-hydrogen) atoms. The maximum atomic E-state index is 4.38. The molecule has 0 aliphatic heterocycles. The fourth-order valence-corrected chi connectivity index (χ4v) is 2.16. The van der Waals surface area contributed by atoms with Crippen LogP contribution >= 0.6 is 11.8 Å². The van der Waals surface area contributed by atoms with Crippen LogP contribution in [0.15, 0.2) is 47.7 Å². The quantitative estimate of drug-likeness (QED) is 0.486. The van der Waals surface area contributed by atoms with Gasteiger partial charge in [-0.15, -0.1) is 0 Å². The van der Waals surface area contributed by atoms with Gasteiger partial charge >= 0.3 is 0 Å². The van der Waals surface area contributed by atoms with Crippen LogP contribution in [0, 0.1) is 0 Å². The first-order chi connectivity index (χ1) is 10.3. The first-order valence-electron chi connectivity index (χ1n) is 6.86. The van der Waals surface area contributed by atoms with Crippen LogP contribution in [0.2, 0.25) is 0 Å². The van der Waals surface area contributed by atoms with Gasteiger partial charge in [-0.05, 0) is 18.4 Å². The lowest BCUT2D eigenvalue weighted by Crippen LogP contribution is -2.37. The standard InChI is InChI=1S/C15H21N5S/c1-16-15(17-8-9-21-2)18-10-13-11-19-20(12-13)14-6-4-3-5-7-14/h3-7,11-12H,8-10H2,1-2H3,(H2,16,17,18). The summed E-state index contributed by atoms with van der Waals surface area (Å²) in [6.07, 6.45) is 5.99. The monoisotopic (exact) mass is 303 g/mol. The van der Waals surface area contributed by atoms with E-state index in [9.17, 15) is 0 Å². The zero-order valence-electron chi connectivity index (χ0n) is 12.4. The third-order valence-corrected chi connectivity index (χ3v) is 3.55. The molecule has 5 nitrogen and oxygen atoms in total. The molecule has 2 N–H and O–H groups in total. The van der Waals surface area contributed by atoms with Crippen molar-refractivity contribution in [2.45, 2.75) is 6.54 Å². The molecule has 112 valence electrons. The van der Waals surface area contributed by atoms with Crippen molar-refractivity contribution in [1.82, 2.24) is 20.4 Å². The number of benzene rings is 1. The molecule has 0 bridgehead atoms. The van der Waals surface area contributed by atoms with Crippen molar-refractivity contribution in [2.75, 3.05) is 25.6 Å². The number of hydrogen-bond donors (Lipinski definition) is 2. The Hall–Kier alpha value is -1.95. The number of hydrogen-bond acceptors (Lipinski definition) is 3. The van der Waals surface area contributed by atoms with E-state index in [2.05, 4.69) is 27.0 Å². The minimum atomic E-state index is 0.700. The summed E-state index contributed by atoms with van der Waals surface area (Å²) in [6.45, 7) is 1.61. The molecular weight excluding hydrogens is 282 g/mol. The van der Waals surface area contributed by atoms with Gasteiger partial charge in [0.05, 0.1) is 11.9 Å². The highest BCUT2D eigenvalue weighted by molar-refractivity contribution is 7.98. The second-order valence-corrected chi connectivity index (χ2v) is 5.46. The van der Waals surface area contributed by atoms with Crippen molar-refractivity contribution in [3.8, 4) is 5.69 Å². The number of thioether (sulfide) groups is 1. The van der Waals surface area contributed by atoms with Gasteiger partial charge in [0, 0.05) is 37.7 Å². The van der Waals surface area contributed by atoms with E-state index >= 15 is 0 Å².